The highest BCUT2D eigenvalue weighted by atomic mass is 32.1. The molecule has 6 rings (SSSR count). The number of rotatable bonds is 9. The number of anilines is 3. The van der Waals surface area contributed by atoms with E-state index in [0.29, 0.717) is 11.3 Å². The van der Waals surface area contributed by atoms with Gasteiger partial charge in [-0.1, -0.05) is 65.9 Å². The molecule has 41 heavy (non-hydrogen) atoms. The van der Waals surface area contributed by atoms with Gasteiger partial charge in [0.1, 0.15) is 11.4 Å². The second-order valence-corrected chi connectivity index (χ2v) is 10.6. The Morgan fingerprint density at radius 1 is 0.805 bits per heavy atom. The van der Waals surface area contributed by atoms with E-state index in [9.17, 15) is 15.0 Å². The lowest BCUT2D eigenvalue weighted by Gasteiger charge is -2.10. The summed E-state index contributed by atoms with van der Waals surface area (Å²) in [5, 5.41) is 28.2. The predicted octanol–water partition coefficient (Wildman–Crippen LogP) is 6.58. The predicted molar refractivity (Wildman–Crippen MR) is 163 cm³/mol. The number of imidazole rings is 1. The van der Waals surface area contributed by atoms with Crippen molar-refractivity contribution in [1.29, 1.82) is 0 Å². The van der Waals surface area contributed by atoms with Crippen LogP contribution in [0.25, 0.3) is 10.2 Å². The topological polar surface area (TPSA) is 112 Å². The van der Waals surface area contributed by atoms with Crippen LogP contribution in [-0.2, 0) is 12.8 Å². The monoisotopic (exact) mass is 561 g/mol. The van der Waals surface area contributed by atoms with E-state index in [-0.39, 0.29) is 24.0 Å². The number of phenols is 1. The Balaban J connectivity index is 1.18. The molecule has 8 nitrogen and oxygen atoms in total. The molecule has 0 saturated heterocycles. The van der Waals surface area contributed by atoms with E-state index in [0.717, 1.165) is 45.1 Å². The summed E-state index contributed by atoms with van der Waals surface area (Å²) in [6.07, 6.45) is 1.10. The van der Waals surface area contributed by atoms with E-state index in [4.69, 9.17) is 0 Å². The molecule has 0 atom stereocenters. The zero-order chi connectivity index (χ0) is 28.2. The van der Waals surface area contributed by atoms with E-state index < -0.39 is 5.91 Å². The molecule has 0 amide bonds. The number of thiazole rings is 1. The number of fused-ring (bicyclic) bond motifs is 1. The van der Waals surface area contributed by atoms with Crippen LogP contribution in [0.5, 0.6) is 11.6 Å². The van der Waals surface area contributed by atoms with Crippen LogP contribution in [0.4, 0.5) is 16.8 Å². The Morgan fingerprint density at radius 3 is 2.27 bits per heavy atom. The summed E-state index contributed by atoms with van der Waals surface area (Å²) in [4.78, 5) is 22.6. The maximum absolute atomic E-state index is 13.4. The van der Waals surface area contributed by atoms with Gasteiger partial charge < -0.3 is 20.8 Å². The average Bonchev–Trinajstić information content (AvgIpc) is 3.55. The minimum Gasteiger partial charge on any atom is -0.508 e. The first-order valence-electron chi connectivity index (χ1n) is 13.2. The molecule has 6 aromatic rings. The molecule has 4 N–H and O–H groups in total. The van der Waals surface area contributed by atoms with E-state index in [1.807, 2.05) is 48.5 Å². The van der Waals surface area contributed by atoms with Crippen LogP contribution in [0.3, 0.4) is 0 Å². The van der Waals surface area contributed by atoms with E-state index in [1.165, 1.54) is 4.57 Å². The lowest BCUT2D eigenvalue weighted by molar-refractivity contribution is 0.0953. The fourth-order valence-electron chi connectivity index (χ4n) is 4.51. The first kappa shape index (κ1) is 26.1. The fourth-order valence-corrected chi connectivity index (χ4v) is 5.41. The van der Waals surface area contributed by atoms with Gasteiger partial charge in [0.25, 0.3) is 5.91 Å². The molecule has 0 aliphatic rings. The van der Waals surface area contributed by atoms with Gasteiger partial charge in [0.05, 0.1) is 10.2 Å². The quantitative estimate of drug-likeness (QED) is 0.158. The molecule has 0 spiro atoms. The summed E-state index contributed by atoms with van der Waals surface area (Å²) in [6.45, 7) is 0.747. The van der Waals surface area contributed by atoms with Gasteiger partial charge in [-0.3, -0.25) is 4.79 Å². The summed E-state index contributed by atoms with van der Waals surface area (Å²) >= 11 is 1.64. The Hall–Kier alpha value is -5.15. The van der Waals surface area contributed by atoms with Gasteiger partial charge >= 0.3 is 0 Å². The van der Waals surface area contributed by atoms with Gasteiger partial charge in [-0.25, -0.2) is 14.5 Å². The maximum atomic E-state index is 13.4. The molecule has 9 heteroatoms. The van der Waals surface area contributed by atoms with Crippen LogP contribution < -0.4 is 10.6 Å². The smallest absolute Gasteiger partial charge is 0.267 e. The first-order valence-corrected chi connectivity index (χ1v) is 14.0. The molecular formula is C32H27N5O3S. The standard InChI is InChI=1S/C32H27N5O3S/c38-25-16-12-22(13-17-25)20-27-30(40)37(29(39)23-6-2-1-3-7-23)31(35-27)34-24-14-10-21(11-15-24)18-19-33-32-36-26-8-4-5-9-28(26)41-32/h1-17,38,40H,18-20H2,(H,33,36)(H,34,35). The Labute approximate surface area is 240 Å². The molecule has 0 bridgehead atoms. The number of aromatic hydroxyl groups is 2. The zero-order valence-corrected chi connectivity index (χ0v) is 22.8. The van der Waals surface area contributed by atoms with Gasteiger partial charge in [0, 0.05) is 24.2 Å². The Bertz CT molecular complexity index is 1760. The number of phenolic OH excluding ortho intramolecular Hbond substituents is 1. The van der Waals surface area contributed by atoms with Gasteiger partial charge in [-0.15, -0.1) is 0 Å². The number of benzene rings is 4. The highest BCUT2D eigenvalue weighted by Gasteiger charge is 2.23. The number of aromatic nitrogens is 3. The molecular weight excluding hydrogens is 534 g/mol. The molecule has 0 aliphatic carbocycles. The summed E-state index contributed by atoms with van der Waals surface area (Å²) in [7, 11) is 0. The minimum atomic E-state index is -0.396. The van der Waals surface area contributed by atoms with Crippen LogP contribution in [-0.4, -0.2) is 37.2 Å². The lowest BCUT2D eigenvalue weighted by Crippen LogP contribution is -2.14. The fraction of sp³-hybridized carbons (Fsp3) is 0.0938. The summed E-state index contributed by atoms with van der Waals surface area (Å²) in [6, 6.07) is 31.4. The molecule has 0 saturated carbocycles. The Morgan fingerprint density at radius 2 is 1.51 bits per heavy atom. The molecule has 0 radical (unpaired) electrons. The summed E-state index contributed by atoms with van der Waals surface area (Å²) in [5.74, 6) is -0.254. The van der Waals surface area contributed by atoms with Crippen LogP contribution in [0.2, 0.25) is 0 Å². The van der Waals surface area contributed by atoms with E-state index in [2.05, 4.69) is 26.7 Å². The first-order chi connectivity index (χ1) is 20.0. The van der Waals surface area contributed by atoms with Gasteiger partial charge in [0.15, 0.2) is 5.13 Å². The third-order valence-corrected chi connectivity index (χ3v) is 7.64. The number of nitrogens with one attached hydrogen (secondary N) is 2. The highest BCUT2D eigenvalue weighted by molar-refractivity contribution is 7.22. The molecule has 0 aliphatic heterocycles. The SMILES string of the molecule is O=C(c1ccccc1)n1c(Nc2ccc(CCNc3nc4ccccc4s3)cc2)nc(Cc2ccc(O)cc2)c1O. The maximum Gasteiger partial charge on any atom is 0.267 e. The second-order valence-electron chi connectivity index (χ2n) is 9.54. The van der Waals surface area contributed by atoms with Crippen molar-refractivity contribution in [3.05, 3.63) is 126 Å². The summed E-state index contributed by atoms with van der Waals surface area (Å²) < 4.78 is 2.35. The van der Waals surface area contributed by atoms with Crippen LogP contribution in [0.15, 0.2) is 103 Å². The molecule has 0 fully saturated rings. The summed E-state index contributed by atoms with van der Waals surface area (Å²) in [5.41, 5.74) is 4.48. The van der Waals surface area contributed by atoms with E-state index in [1.54, 1.807) is 59.9 Å². The molecule has 2 heterocycles. The normalized spacial score (nSPS) is 11.0. The number of hydrogen-bond donors (Lipinski definition) is 4. The van der Waals surface area contributed by atoms with Crippen molar-refractivity contribution in [3.8, 4) is 11.6 Å². The molecule has 204 valence electrons. The van der Waals surface area contributed by atoms with Crippen LogP contribution in [0, 0.1) is 0 Å². The van der Waals surface area contributed by atoms with Crippen molar-refractivity contribution in [2.24, 2.45) is 0 Å². The van der Waals surface area contributed by atoms with Gasteiger partial charge in [0.2, 0.25) is 11.8 Å². The zero-order valence-electron chi connectivity index (χ0n) is 22.0. The van der Waals surface area contributed by atoms with Crippen molar-refractivity contribution in [3.63, 3.8) is 0 Å². The van der Waals surface area contributed by atoms with Crippen molar-refractivity contribution in [2.75, 3.05) is 17.2 Å². The molecule has 2 aromatic heterocycles. The second kappa shape index (κ2) is 11.5. The van der Waals surface area contributed by atoms with Crippen molar-refractivity contribution in [2.45, 2.75) is 12.8 Å². The number of carbonyl (C=O) groups excluding carboxylic acids is 1. The van der Waals surface area contributed by atoms with Gasteiger partial charge in [-0.05, 0) is 66.1 Å². The number of carbonyl (C=O) groups is 1. The molecule has 4 aromatic carbocycles. The van der Waals surface area contributed by atoms with Crippen LogP contribution >= 0.6 is 11.3 Å². The number of hydrogen-bond acceptors (Lipinski definition) is 8. The number of nitrogens with zero attached hydrogens (tertiary/aromatic N) is 3. The van der Waals surface area contributed by atoms with Crippen molar-refractivity contribution in [1.82, 2.24) is 14.5 Å². The largest absolute Gasteiger partial charge is 0.508 e. The lowest BCUT2D eigenvalue weighted by atomic mass is 10.1. The van der Waals surface area contributed by atoms with E-state index >= 15 is 0 Å². The van der Waals surface area contributed by atoms with Crippen molar-refractivity contribution >= 4 is 44.2 Å². The third-order valence-electron chi connectivity index (χ3n) is 6.65. The van der Waals surface area contributed by atoms with Crippen molar-refractivity contribution < 1.29 is 15.0 Å². The minimum absolute atomic E-state index is 0.154. The molecule has 0 unspecified atom stereocenters. The van der Waals surface area contributed by atoms with Gasteiger partial charge in [-0.2, -0.15) is 0 Å². The third kappa shape index (κ3) is 5.90. The average molecular weight is 562 g/mol. The number of para-hydroxylation sites is 1. The highest BCUT2D eigenvalue weighted by Crippen LogP contribution is 2.29. The Kier molecular flexibility index (Phi) is 7.34. The van der Waals surface area contributed by atoms with Crippen LogP contribution in [0.1, 0.15) is 27.2 Å².